The SMILES string of the molecule is CCc1cccc(CC)c1NC(=O)c1cccc(C(=O)NCCOC)n1. The maximum Gasteiger partial charge on any atom is 0.274 e. The predicted molar refractivity (Wildman–Crippen MR) is 102 cm³/mol. The molecule has 0 aliphatic rings. The molecule has 0 unspecified atom stereocenters. The summed E-state index contributed by atoms with van der Waals surface area (Å²) < 4.78 is 4.90. The Kier molecular flexibility index (Phi) is 7.29. The number of anilines is 1. The highest BCUT2D eigenvalue weighted by molar-refractivity contribution is 6.04. The smallest absolute Gasteiger partial charge is 0.274 e. The largest absolute Gasteiger partial charge is 0.383 e. The fourth-order valence-electron chi connectivity index (χ4n) is 2.63. The van der Waals surface area contributed by atoms with E-state index in [1.165, 1.54) is 0 Å². The Morgan fingerprint density at radius 2 is 1.54 bits per heavy atom. The lowest BCUT2D eigenvalue weighted by atomic mass is 10.0. The monoisotopic (exact) mass is 355 g/mol. The second-order valence-corrected chi connectivity index (χ2v) is 5.77. The number of rotatable bonds is 8. The van der Waals surface area contributed by atoms with E-state index in [1.807, 2.05) is 32.0 Å². The lowest BCUT2D eigenvalue weighted by molar-refractivity contribution is 0.0932. The number of carbonyl (C=O) groups is 2. The molecule has 0 aliphatic heterocycles. The zero-order valence-electron chi connectivity index (χ0n) is 15.5. The molecule has 2 N–H and O–H groups in total. The summed E-state index contributed by atoms with van der Waals surface area (Å²) >= 11 is 0. The molecular formula is C20H25N3O3. The van der Waals surface area contributed by atoms with E-state index in [0.717, 1.165) is 29.7 Å². The number of amides is 2. The van der Waals surface area contributed by atoms with E-state index in [0.29, 0.717) is 13.2 Å². The number of aromatic nitrogens is 1. The number of para-hydroxylation sites is 1. The second-order valence-electron chi connectivity index (χ2n) is 5.77. The quantitative estimate of drug-likeness (QED) is 0.714. The fourth-order valence-corrected chi connectivity index (χ4v) is 2.63. The van der Waals surface area contributed by atoms with Crippen molar-refractivity contribution >= 4 is 17.5 Å². The zero-order valence-corrected chi connectivity index (χ0v) is 15.5. The molecule has 6 nitrogen and oxygen atoms in total. The molecule has 2 rings (SSSR count). The predicted octanol–water partition coefficient (Wildman–Crippen LogP) is 2.83. The third-order valence-electron chi connectivity index (χ3n) is 4.04. The Balaban J connectivity index is 2.18. The zero-order chi connectivity index (χ0) is 18.9. The van der Waals surface area contributed by atoms with E-state index < -0.39 is 0 Å². The summed E-state index contributed by atoms with van der Waals surface area (Å²) in [5.41, 5.74) is 3.39. The number of pyridine rings is 1. The van der Waals surface area contributed by atoms with Crippen molar-refractivity contribution in [1.29, 1.82) is 0 Å². The molecule has 6 heteroatoms. The molecule has 0 saturated carbocycles. The highest BCUT2D eigenvalue weighted by Crippen LogP contribution is 2.23. The summed E-state index contributed by atoms with van der Waals surface area (Å²) in [5.74, 6) is -0.660. The van der Waals surface area contributed by atoms with Crippen LogP contribution in [0.15, 0.2) is 36.4 Å². The first-order valence-electron chi connectivity index (χ1n) is 8.77. The van der Waals surface area contributed by atoms with E-state index in [2.05, 4.69) is 15.6 Å². The summed E-state index contributed by atoms with van der Waals surface area (Å²) in [4.78, 5) is 28.9. The van der Waals surface area contributed by atoms with Crippen molar-refractivity contribution in [3.8, 4) is 0 Å². The standard InChI is InChI=1S/C20H25N3O3/c1-4-14-8-6-9-15(5-2)18(14)23-20(25)17-11-7-10-16(22-17)19(24)21-12-13-26-3/h6-11H,4-5,12-13H2,1-3H3,(H,21,24)(H,23,25). The molecule has 2 amide bonds. The Hall–Kier alpha value is -2.73. The molecule has 0 saturated heterocycles. The van der Waals surface area contributed by atoms with Crippen LogP contribution >= 0.6 is 0 Å². The lowest BCUT2D eigenvalue weighted by Crippen LogP contribution is -2.28. The fraction of sp³-hybridized carbons (Fsp3) is 0.350. The van der Waals surface area contributed by atoms with Gasteiger partial charge in [0.25, 0.3) is 11.8 Å². The second kappa shape index (κ2) is 9.68. The molecule has 0 fully saturated rings. The third-order valence-corrected chi connectivity index (χ3v) is 4.04. The van der Waals surface area contributed by atoms with Crippen molar-refractivity contribution in [3.05, 3.63) is 58.9 Å². The molecule has 0 bridgehead atoms. The number of nitrogens with zero attached hydrogens (tertiary/aromatic N) is 1. The minimum absolute atomic E-state index is 0.202. The highest BCUT2D eigenvalue weighted by Gasteiger charge is 2.15. The van der Waals surface area contributed by atoms with Crippen molar-refractivity contribution in [3.63, 3.8) is 0 Å². The van der Waals surface area contributed by atoms with Crippen molar-refractivity contribution < 1.29 is 14.3 Å². The highest BCUT2D eigenvalue weighted by atomic mass is 16.5. The molecule has 0 aliphatic carbocycles. The summed E-state index contributed by atoms with van der Waals surface area (Å²) in [5, 5.41) is 5.66. The Morgan fingerprint density at radius 3 is 2.12 bits per heavy atom. The molecule has 0 atom stereocenters. The summed E-state index contributed by atoms with van der Waals surface area (Å²) in [7, 11) is 1.56. The van der Waals surface area contributed by atoms with Crippen molar-refractivity contribution in [2.45, 2.75) is 26.7 Å². The number of ether oxygens (including phenoxy) is 1. The van der Waals surface area contributed by atoms with Crippen LogP contribution in [0.3, 0.4) is 0 Å². The van der Waals surface area contributed by atoms with Gasteiger partial charge in [0.15, 0.2) is 0 Å². The Bertz CT molecular complexity index is 752. The number of aryl methyl sites for hydroxylation is 2. The van der Waals surface area contributed by atoms with Crippen LogP contribution in [-0.2, 0) is 17.6 Å². The van der Waals surface area contributed by atoms with Gasteiger partial charge in [-0.3, -0.25) is 9.59 Å². The van der Waals surface area contributed by atoms with Crippen LogP contribution in [0.5, 0.6) is 0 Å². The maximum absolute atomic E-state index is 12.7. The topological polar surface area (TPSA) is 80.3 Å². The summed E-state index contributed by atoms with van der Waals surface area (Å²) in [6.07, 6.45) is 1.64. The van der Waals surface area contributed by atoms with Crippen molar-refractivity contribution in [1.82, 2.24) is 10.3 Å². The summed E-state index contributed by atoms with van der Waals surface area (Å²) in [6, 6.07) is 10.8. The van der Waals surface area contributed by atoms with E-state index in [4.69, 9.17) is 4.74 Å². The van der Waals surface area contributed by atoms with Gasteiger partial charge in [-0.15, -0.1) is 0 Å². The number of hydrogen-bond donors (Lipinski definition) is 2. The molecule has 26 heavy (non-hydrogen) atoms. The first-order chi connectivity index (χ1) is 12.6. The molecule has 1 aromatic carbocycles. The number of nitrogens with one attached hydrogen (secondary N) is 2. The van der Waals surface area contributed by atoms with Gasteiger partial charge in [-0.05, 0) is 36.1 Å². The number of benzene rings is 1. The molecule has 0 spiro atoms. The molecule has 2 aromatic rings. The van der Waals surface area contributed by atoms with Crippen LogP contribution in [0.2, 0.25) is 0 Å². The van der Waals surface area contributed by atoms with Crippen LogP contribution < -0.4 is 10.6 Å². The van der Waals surface area contributed by atoms with E-state index >= 15 is 0 Å². The first-order valence-corrected chi connectivity index (χ1v) is 8.77. The Morgan fingerprint density at radius 1 is 0.962 bits per heavy atom. The van der Waals surface area contributed by atoms with Crippen LogP contribution in [0.4, 0.5) is 5.69 Å². The third kappa shape index (κ3) is 4.89. The van der Waals surface area contributed by atoms with Gasteiger partial charge in [0.05, 0.1) is 6.61 Å². The number of hydrogen-bond acceptors (Lipinski definition) is 4. The minimum Gasteiger partial charge on any atom is -0.383 e. The number of methoxy groups -OCH3 is 1. The number of carbonyl (C=O) groups excluding carboxylic acids is 2. The van der Waals surface area contributed by atoms with Crippen LogP contribution in [-0.4, -0.2) is 37.1 Å². The van der Waals surface area contributed by atoms with Crippen LogP contribution in [0, 0.1) is 0 Å². The van der Waals surface area contributed by atoms with Gasteiger partial charge in [-0.2, -0.15) is 0 Å². The normalized spacial score (nSPS) is 10.4. The Labute approximate surface area is 154 Å². The van der Waals surface area contributed by atoms with Gasteiger partial charge >= 0.3 is 0 Å². The van der Waals surface area contributed by atoms with E-state index in [1.54, 1.807) is 25.3 Å². The molecule has 0 radical (unpaired) electrons. The molecular weight excluding hydrogens is 330 g/mol. The first kappa shape index (κ1) is 19.6. The average Bonchev–Trinajstić information content (AvgIpc) is 2.68. The average molecular weight is 355 g/mol. The van der Waals surface area contributed by atoms with Gasteiger partial charge in [0.1, 0.15) is 11.4 Å². The van der Waals surface area contributed by atoms with Crippen molar-refractivity contribution in [2.75, 3.05) is 25.6 Å². The molecule has 1 heterocycles. The molecule has 1 aromatic heterocycles. The van der Waals surface area contributed by atoms with Gasteiger partial charge < -0.3 is 15.4 Å². The molecule has 138 valence electrons. The summed E-state index contributed by atoms with van der Waals surface area (Å²) in [6.45, 7) is 4.90. The van der Waals surface area contributed by atoms with Gasteiger partial charge in [-0.1, -0.05) is 38.1 Å². The lowest BCUT2D eigenvalue weighted by Gasteiger charge is -2.14. The van der Waals surface area contributed by atoms with Crippen LogP contribution in [0.1, 0.15) is 46.0 Å². The van der Waals surface area contributed by atoms with E-state index in [9.17, 15) is 9.59 Å². The van der Waals surface area contributed by atoms with Gasteiger partial charge in [0.2, 0.25) is 0 Å². The van der Waals surface area contributed by atoms with Gasteiger partial charge in [-0.25, -0.2) is 4.98 Å². The van der Waals surface area contributed by atoms with Crippen molar-refractivity contribution in [2.24, 2.45) is 0 Å². The van der Waals surface area contributed by atoms with Gasteiger partial charge in [0, 0.05) is 19.3 Å². The minimum atomic E-state index is -0.333. The van der Waals surface area contributed by atoms with E-state index in [-0.39, 0.29) is 23.2 Å². The maximum atomic E-state index is 12.7. The van der Waals surface area contributed by atoms with Crippen LogP contribution in [0.25, 0.3) is 0 Å².